The molecule has 0 spiro atoms. The van der Waals surface area contributed by atoms with Crippen molar-refractivity contribution in [1.82, 2.24) is 14.5 Å². The van der Waals surface area contributed by atoms with Gasteiger partial charge in [0, 0.05) is 41.1 Å². The Kier molecular flexibility index (Phi) is 3.49. The van der Waals surface area contributed by atoms with E-state index in [1.165, 1.54) is 11.4 Å². The number of aryl methyl sites for hydroxylation is 1. The summed E-state index contributed by atoms with van der Waals surface area (Å²) in [5.41, 5.74) is 10.6. The Morgan fingerprint density at radius 3 is 3.00 bits per heavy atom. The number of hydrogen-bond acceptors (Lipinski definition) is 4. The largest absolute Gasteiger partial charge is 0.384 e. The fourth-order valence-corrected chi connectivity index (χ4v) is 3.66. The zero-order valence-electron chi connectivity index (χ0n) is 13.0. The number of rotatable bonds is 2. The number of pyridine rings is 1. The van der Waals surface area contributed by atoms with Gasteiger partial charge in [-0.3, -0.25) is 0 Å². The summed E-state index contributed by atoms with van der Waals surface area (Å²) in [5, 5.41) is 1.13. The highest BCUT2D eigenvalue weighted by molar-refractivity contribution is 9.10. The molecule has 2 N–H and O–H groups in total. The van der Waals surface area contributed by atoms with Crippen LogP contribution in [0.25, 0.3) is 10.9 Å². The van der Waals surface area contributed by atoms with Gasteiger partial charge in [0.2, 0.25) is 0 Å². The number of nitrogens with zero attached hydrogens (tertiary/aromatic N) is 4. The Balaban J connectivity index is 1.78. The van der Waals surface area contributed by atoms with E-state index in [0.29, 0.717) is 5.82 Å². The van der Waals surface area contributed by atoms with Crippen molar-refractivity contribution in [3.63, 3.8) is 0 Å². The van der Waals surface area contributed by atoms with Crippen molar-refractivity contribution in [2.24, 2.45) is 0 Å². The molecule has 3 aromatic rings. The molecule has 1 aromatic carbocycles. The van der Waals surface area contributed by atoms with Gasteiger partial charge in [0.15, 0.2) is 0 Å². The first kappa shape index (κ1) is 14.5. The number of nitrogen functional groups attached to an aromatic ring is 1. The molecule has 0 radical (unpaired) electrons. The lowest BCUT2D eigenvalue weighted by molar-refractivity contribution is 0.652. The van der Waals surface area contributed by atoms with Gasteiger partial charge in [0.1, 0.15) is 5.82 Å². The number of hydrogen-bond donors (Lipinski definition) is 1. The predicted octanol–water partition coefficient (Wildman–Crippen LogP) is 3.36. The normalized spacial score (nSPS) is 14.3. The van der Waals surface area contributed by atoms with Gasteiger partial charge >= 0.3 is 0 Å². The fourth-order valence-electron chi connectivity index (χ4n) is 3.31. The predicted molar refractivity (Wildman–Crippen MR) is 96.5 cm³/mol. The summed E-state index contributed by atoms with van der Waals surface area (Å²) in [6.07, 6.45) is 2.95. The highest BCUT2D eigenvalue weighted by Gasteiger charge is 2.22. The van der Waals surface area contributed by atoms with Crippen molar-refractivity contribution in [3.8, 4) is 0 Å². The minimum Gasteiger partial charge on any atom is -0.384 e. The minimum atomic E-state index is 0.551. The van der Waals surface area contributed by atoms with E-state index >= 15 is 0 Å². The molecule has 0 fully saturated rings. The quantitative estimate of drug-likeness (QED) is 0.750. The molecule has 3 heterocycles. The Hall–Kier alpha value is -2.08. The van der Waals surface area contributed by atoms with Crippen LogP contribution in [0.2, 0.25) is 0 Å². The second kappa shape index (κ2) is 5.53. The Labute approximate surface area is 143 Å². The molecule has 118 valence electrons. The molecule has 0 saturated heterocycles. The molecule has 0 aliphatic carbocycles. The van der Waals surface area contributed by atoms with Crippen LogP contribution in [0.5, 0.6) is 0 Å². The molecular formula is C17H18BrN5. The third-order valence-corrected chi connectivity index (χ3v) is 4.94. The van der Waals surface area contributed by atoms with E-state index in [2.05, 4.69) is 48.4 Å². The molecular weight excluding hydrogens is 354 g/mol. The van der Waals surface area contributed by atoms with Crippen LogP contribution in [0.1, 0.15) is 18.3 Å². The molecule has 0 amide bonds. The molecule has 0 saturated carbocycles. The molecule has 0 unspecified atom stereocenters. The van der Waals surface area contributed by atoms with Crippen LogP contribution in [-0.4, -0.2) is 21.1 Å². The number of benzene rings is 1. The first-order chi connectivity index (χ1) is 11.2. The second-order valence-corrected chi connectivity index (χ2v) is 6.74. The number of imidazole rings is 1. The van der Waals surface area contributed by atoms with E-state index in [-0.39, 0.29) is 0 Å². The maximum absolute atomic E-state index is 6.03. The van der Waals surface area contributed by atoms with Crippen molar-refractivity contribution >= 4 is 38.3 Å². The molecule has 4 rings (SSSR count). The summed E-state index contributed by atoms with van der Waals surface area (Å²) in [5.74, 6) is 0.551. The van der Waals surface area contributed by atoms with Gasteiger partial charge in [0.25, 0.3) is 0 Å². The van der Waals surface area contributed by atoms with Crippen molar-refractivity contribution < 1.29 is 0 Å². The van der Waals surface area contributed by atoms with Crippen molar-refractivity contribution in [2.75, 3.05) is 17.2 Å². The Bertz CT molecular complexity index is 881. The van der Waals surface area contributed by atoms with Gasteiger partial charge in [-0.25, -0.2) is 9.97 Å². The molecule has 5 nitrogen and oxygen atoms in total. The van der Waals surface area contributed by atoms with Crippen molar-refractivity contribution in [3.05, 3.63) is 46.5 Å². The standard InChI is InChI=1S/C17H18BrN5/c1-2-22-10-20-14-9-23(6-5-15(14)22)16-8-17(19)21-13-7-11(18)3-4-12(13)16/h3-4,7-8,10H,2,5-6,9H2,1H3,(H2,19,21). The molecule has 1 aliphatic heterocycles. The summed E-state index contributed by atoms with van der Waals surface area (Å²) >= 11 is 3.50. The van der Waals surface area contributed by atoms with Gasteiger partial charge in [-0.15, -0.1) is 0 Å². The average molecular weight is 372 g/mol. The van der Waals surface area contributed by atoms with Crippen LogP contribution in [-0.2, 0) is 19.5 Å². The zero-order chi connectivity index (χ0) is 16.0. The monoisotopic (exact) mass is 371 g/mol. The number of nitrogens with two attached hydrogens (primary N) is 1. The maximum Gasteiger partial charge on any atom is 0.126 e. The lowest BCUT2D eigenvalue weighted by Crippen LogP contribution is -2.31. The van der Waals surface area contributed by atoms with Gasteiger partial charge in [0.05, 0.1) is 29.8 Å². The van der Waals surface area contributed by atoms with Crippen LogP contribution in [0.4, 0.5) is 11.5 Å². The third-order valence-electron chi connectivity index (χ3n) is 4.44. The van der Waals surface area contributed by atoms with Crippen LogP contribution < -0.4 is 10.6 Å². The molecule has 1 aliphatic rings. The van der Waals surface area contributed by atoms with Crippen molar-refractivity contribution in [2.45, 2.75) is 26.4 Å². The summed E-state index contributed by atoms with van der Waals surface area (Å²) < 4.78 is 3.25. The van der Waals surface area contributed by atoms with Crippen LogP contribution in [0.3, 0.4) is 0 Å². The first-order valence-electron chi connectivity index (χ1n) is 7.79. The highest BCUT2D eigenvalue weighted by atomic mass is 79.9. The van der Waals surface area contributed by atoms with E-state index in [0.717, 1.165) is 47.1 Å². The van der Waals surface area contributed by atoms with E-state index < -0.39 is 0 Å². The molecule has 2 aromatic heterocycles. The molecule has 6 heteroatoms. The SMILES string of the molecule is CCn1cnc2c1CCN(c1cc(N)nc3cc(Br)ccc13)C2. The zero-order valence-corrected chi connectivity index (χ0v) is 14.5. The van der Waals surface area contributed by atoms with E-state index in [4.69, 9.17) is 5.73 Å². The summed E-state index contributed by atoms with van der Waals surface area (Å²) in [7, 11) is 0. The number of fused-ring (bicyclic) bond motifs is 2. The Morgan fingerprint density at radius 1 is 1.30 bits per heavy atom. The fraction of sp³-hybridized carbons (Fsp3) is 0.294. The minimum absolute atomic E-state index is 0.551. The van der Waals surface area contributed by atoms with Gasteiger partial charge in [-0.1, -0.05) is 15.9 Å². The molecule has 23 heavy (non-hydrogen) atoms. The number of anilines is 2. The second-order valence-electron chi connectivity index (χ2n) is 5.82. The third kappa shape index (κ3) is 2.47. The van der Waals surface area contributed by atoms with E-state index in [1.807, 2.05) is 24.5 Å². The van der Waals surface area contributed by atoms with Gasteiger partial charge in [-0.2, -0.15) is 0 Å². The highest BCUT2D eigenvalue weighted by Crippen LogP contribution is 2.32. The van der Waals surface area contributed by atoms with Crippen LogP contribution in [0, 0.1) is 0 Å². The molecule has 0 bridgehead atoms. The van der Waals surface area contributed by atoms with Crippen LogP contribution in [0.15, 0.2) is 35.1 Å². The lowest BCUT2D eigenvalue weighted by Gasteiger charge is -2.30. The summed E-state index contributed by atoms with van der Waals surface area (Å²) in [6, 6.07) is 8.13. The van der Waals surface area contributed by atoms with E-state index in [1.54, 1.807) is 0 Å². The van der Waals surface area contributed by atoms with Gasteiger partial charge < -0.3 is 15.2 Å². The Morgan fingerprint density at radius 2 is 2.17 bits per heavy atom. The first-order valence-corrected chi connectivity index (χ1v) is 8.58. The number of aromatic nitrogens is 3. The van der Waals surface area contributed by atoms with Crippen LogP contribution >= 0.6 is 15.9 Å². The number of halogens is 1. The van der Waals surface area contributed by atoms with E-state index in [9.17, 15) is 0 Å². The molecule has 0 atom stereocenters. The smallest absolute Gasteiger partial charge is 0.126 e. The average Bonchev–Trinajstić information content (AvgIpc) is 2.95. The summed E-state index contributed by atoms with van der Waals surface area (Å²) in [6.45, 7) is 4.91. The summed E-state index contributed by atoms with van der Waals surface area (Å²) in [4.78, 5) is 11.4. The van der Waals surface area contributed by atoms with Crippen molar-refractivity contribution in [1.29, 1.82) is 0 Å². The lowest BCUT2D eigenvalue weighted by atomic mass is 10.1. The maximum atomic E-state index is 6.03. The van der Waals surface area contributed by atoms with Gasteiger partial charge in [-0.05, 0) is 25.1 Å². The topological polar surface area (TPSA) is 60.0 Å².